The molecule has 0 heterocycles. The maximum atomic E-state index is 6.31. The monoisotopic (exact) mass is 296 g/mol. The lowest BCUT2D eigenvalue weighted by Crippen LogP contribution is -2.60. The van der Waals surface area contributed by atoms with E-state index in [0.29, 0.717) is 11.5 Å². The van der Waals surface area contributed by atoms with Gasteiger partial charge >= 0.3 is 0 Å². The fourth-order valence-electron chi connectivity index (χ4n) is 4.81. The topological polar surface area (TPSA) is 38.5 Å². The lowest BCUT2D eigenvalue weighted by atomic mass is 9.65. The number of hydrogen-bond acceptors (Lipinski definition) is 3. The van der Waals surface area contributed by atoms with Crippen molar-refractivity contribution >= 4 is 0 Å². The van der Waals surface area contributed by atoms with Crippen LogP contribution in [0.1, 0.15) is 71.6 Å². The Hall–Kier alpha value is -0.120. The average Bonchev–Trinajstić information content (AvgIpc) is 2.98. The van der Waals surface area contributed by atoms with Crippen LogP contribution in [0.15, 0.2) is 0 Å². The van der Waals surface area contributed by atoms with E-state index in [1.54, 1.807) is 7.11 Å². The Kier molecular flexibility index (Phi) is 6.10. The first-order valence-electron chi connectivity index (χ1n) is 9.07. The molecule has 21 heavy (non-hydrogen) atoms. The molecule has 3 heteroatoms. The van der Waals surface area contributed by atoms with Crippen molar-refractivity contribution in [3.63, 3.8) is 0 Å². The molecule has 1 spiro atoms. The van der Waals surface area contributed by atoms with Crippen LogP contribution in [0.5, 0.6) is 0 Å². The molecular formula is C18H36N2O. The molecule has 2 saturated carbocycles. The molecule has 0 radical (unpaired) electrons. The second kappa shape index (κ2) is 7.43. The van der Waals surface area contributed by atoms with Crippen LogP contribution in [0.25, 0.3) is 0 Å². The molecule has 0 bridgehead atoms. The number of rotatable bonds is 7. The second-order valence-corrected chi connectivity index (χ2v) is 7.58. The number of methoxy groups -OCH3 is 1. The molecule has 0 saturated heterocycles. The van der Waals surface area contributed by atoms with Crippen molar-refractivity contribution in [3.8, 4) is 0 Å². The van der Waals surface area contributed by atoms with Gasteiger partial charge in [0.2, 0.25) is 0 Å². The van der Waals surface area contributed by atoms with Crippen LogP contribution in [0.2, 0.25) is 0 Å². The molecule has 0 aromatic rings. The normalized spacial score (nSPS) is 25.6. The number of ether oxygens (including phenoxy) is 1. The molecule has 1 unspecified atom stereocenters. The summed E-state index contributed by atoms with van der Waals surface area (Å²) in [6.07, 6.45) is 12.4. The maximum absolute atomic E-state index is 6.31. The van der Waals surface area contributed by atoms with Crippen LogP contribution in [-0.4, -0.2) is 43.3 Å². The first kappa shape index (κ1) is 17.2. The van der Waals surface area contributed by atoms with Crippen molar-refractivity contribution in [1.82, 2.24) is 4.90 Å². The highest BCUT2D eigenvalue weighted by molar-refractivity contribution is 5.02. The first-order chi connectivity index (χ1) is 10.1. The smallest absolute Gasteiger partial charge is 0.0590 e. The van der Waals surface area contributed by atoms with Gasteiger partial charge in [-0.25, -0.2) is 0 Å². The zero-order valence-electron chi connectivity index (χ0n) is 14.5. The maximum Gasteiger partial charge on any atom is 0.0590 e. The fourth-order valence-corrected chi connectivity index (χ4v) is 4.81. The van der Waals surface area contributed by atoms with E-state index in [1.807, 2.05) is 0 Å². The predicted octanol–water partition coefficient (Wildman–Crippen LogP) is 3.57. The van der Waals surface area contributed by atoms with E-state index in [2.05, 4.69) is 18.7 Å². The van der Waals surface area contributed by atoms with Gasteiger partial charge in [0, 0.05) is 31.8 Å². The van der Waals surface area contributed by atoms with Crippen molar-refractivity contribution < 1.29 is 4.74 Å². The van der Waals surface area contributed by atoms with Crippen molar-refractivity contribution in [2.24, 2.45) is 11.1 Å². The molecule has 0 aliphatic heterocycles. The van der Waals surface area contributed by atoms with Crippen molar-refractivity contribution in [2.45, 2.75) is 83.2 Å². The molecule has 2 fully saturated rings. The van der Waals surface area contributed by atoms with Crippen LogP contribution in [-0.2, 0) is 4.74 Å². The Balaban J connectivity index is 2.07. The zero-order valence-corrected chi connectivity index (χ0v) is 14.5. The minimum atomic E-state index is 0.224. The molecule has 124 valence electrons. The van der Waals surface area contributed by atoms with Crippen LogP contribution >= 0.6 is 0 Å². The third-order valence-electron chi connectivity index (χ3n) is 6.55. The second-order valence-electron chi connectivity index (χ2n) is 7.58. The summed E-state index contributed by atoms with van der Waals surface area (Å²) in [5.74, 6) is 0. The van der Waals surface area contributed by atoms with E-state index in [0.717, 1.165) is 19.7 Å². The van der Waals surface area contributed by atoms with Crippen LogP contribution in [0.4, 0.5) is 0 Å². The number of nitrogens with zero attached hydrogens (tertiary/aromatic N) is 1. The molecule has 0 amide bonds. The number of hydrogen-bond donors (Lipinski definition) is 1. The first-order valence-corrected chi connectivity index (χ1v) is 9.07. The van der Waals surface area contributed by atoms with Crippen molar-refractivity contribution in [1.29, 1.82) is 0 Å². The minimum absolute atomic E-state index is 0.224. The van der Waals surface area contributed by atoms with Gasteiger partial charge in [-0.1, -0.05) is 19.8 Å². The highest BCUT2D eigenvalue weighted by atomic mass is 16.5. The van der Waals surface area contributed by atoms with E-state index < -0.39 is 0 Å². The quantitative estimate of drug-likeness (QED) is 0.780. The van der Waals surface area contributed by atoms with Gasteiger partial charge < -0.3 is 10.5 Å². The van der Waals surface area contributed by atoms with Crippen LogP contribution < -0.4 is 5.73 Å². The summed E-state index contributed by atoms with van der Waals surface area (Å²) in [5, 5.41) is 0. The van der Waals surface area contributed by atoms with Gasteiger partial charge in [0.25, 0.3) is 0 Å². The van der Waals surface area contributed by atoms with Gasteiger partial charge in [-0.3, -0.25) is 4.90 Å². The van der Waals surface area contributed by atoms with Gasteiger partial charge in [-0.2, -0.15) is 0 Å². The van der Waals surface area contributed by atoms with Gasteiger partial charge in [-0.15, -0.1) is 0 Å². The molecule has 0 aromatic heterocycles. The molecule has 2 aliphatic carbocycles. The summed E-state index contributed by atoms with van der Waals surface area (Å²) in [6.45, 7) is 7.28. The van der Waals surface area contributed by atoms with Gasteiger partial charge in [0.05, 0.1) is 6.61 Å². The number of nitrogens with two attached hydrogens (primary N) is 1. The van der Waals surface area contributed by atoms with E-state index in [9.17, 15) is 0 Å². The molecule has 0 aromatic carbocycles. The Labute approximate surface area is 131 Å². The van der Waals surface area contributed by atoms with E-state index >= 15 is 0 Å². The highest BCUT2D eigenvalue weighted by Crippen LogP contribution is 2.52. The van der Waals surface area contributed by atoms with Gasteiger partial charge in [0.15, 0.2) is 0 Å². The Morgan fingerprint density at radius 2 is 1.71 bits per heavy atom. The molecule has 2 aliphatic rings. The average molecular weight is 296 g/mol. The van der Waals surface area contributed by atoms with Crippen molar-refractivity contribution in [2.75, 3.05) is 26.8 Å². The summed E-state index contributed by atoms with van der Waals surface area (Å²) in [7, 11) is 1.80. The Bertz CT molecular complexity index is 302. The SMILES string of the molecule is CCC(C)N(CCOC)C1(CN)CCC2(CCCC2)CC1. The molecular weight excluding hydrogens is 260 g/mol. The van der Waals surface area contributed by atoms with E-state index in [1.165, 1.54) is 57.8 Å². The van der Waals surface area contributed by atoms with Crippen LogP contribution in [0, 0.1) is 5.41 Å². The fraction of sp³-hybridized carbons (Fsp3) is 1.00. The van der Waals surface area contributed by atoms with E-state index in [4.69, 9.17) is 10.5 Å². The minimum Gasteiger partial charge on any atom is -0.383 e. The van der Waals surface area contributed by atoms with Gasteiger partial charge in [-0.05, 0) is 57.3 Å². The highest BCUT2D eigenvalue weighted by Gasteiger charge is 2.46. The third kappa shape index (κ3) is 3.62. The summed E-state index contributed by atoms with van der Waals surface area (Å²) >= 11 is 0. The Morgan fingerprint density at radius 1 is 1.10 bits per heavy atom. The third-order valence-corrected chi connectivity index (χ3v) is 6.55. The standard InChI is InChI=1S/C18H36N2O/c1-4-16(2)20(13-14-21-3)18(15-19)11-9-17(10-12-18)7-5-6-8-17/h16H,4-15,19H2,1-3H3. The summed E-state index contributed by atoms with van der Waals surface area (Å²) < 4.78 is 5.36. The van der Waals surface area contributed by atoms with Crippen LogP contribution in [0.3, 0.4) is 0 Å². The molecule has 2 N–H and O–H groups in total. The summed E-state index contributed by atoms with van der Waals surface area (Å²) in [5.41, 5.74) is 7.21. The predicted molar refractivity (Wildman–Crippen MR) is 89.5 cm³/mol. The zero-order chi connectivity index (χ0) is 15.3. The van der Waals surface area contributed by atoms with Gasteiger partial charge in [0.1, 0.15) is 0 Å². The summed E-state index contributed by atoms with van der Waals surface area (Å²) in [6, 6.07) is 0.598. The molecule has 2 rings (SSSR count). The lowest BCUT2D eigenvalue weighted by molar-refractivity contribution is -0.0229. The lowest BCUT2D eigenvalue weighted by Gasteiger charge is -2.52. The molecule has 3 nitrogen and oxygen atoms in total. The Morgan fingerprint density at radius 3 is 2.19 bits per heavy atom. The largest absolute Gasteiger partial charge is 0.383 e. The molecule has 1 atom stereocenters. The summed E-state index contributed by atoms with van der Waals surface area (Å²) in [4.78, 5) is 2.68. The van der Waals surface area contributed by atoms with E-state index in [-0.39, 0.29) is 5.54 Å². The van der Waals surface area contributed by atoms with Crippen molar-refractivity contribution in [3.05, 3.63) is 0 Å².